The third kappa shape index (κ3) is 6.09. The Morgan fingerprint density at radius 1 is 1.16 bits per heavy atom. The van der Waals surface area contributed by atoms with E-state index in [0.29, 0.717) is 6.54 Å². The maximum atomic E-state index is 13.6. The number of hydrogen-bond donors (Lipinski definition) is 1. The molecule has 0 spiro atoms. The Balaban J connectivity index is 1.52. The predicted octanol–water partition coefficient (Wildman–Crippen LogP) is 5.54. The molecule has 2 bridgehead atoms. The van der Waals surface area contributed by atoms with Gasteiger partial charge in [0.25, 0.3) is 0 Å². The van der Waals surface area contributed by atoms with Gasteiger partial charge in [-0.15, -0.1) is 0 Å². The number of nitrogens with zero attached hydrogens (tertiary/aromatic N) is 4. The van der Waals surface area contributed by atoms with Crippen molar-refractivity contribution in [3.05, 3.63) is 35.5 Å². The first-order valence-corrected chi connectivity index (χ1v) is 22.7. The molecule has 2 atom stereocenters. The van der Waals surface area contributed by atoms with E-state index in [4.69, 9.17) is 4.74 Å². The molecule has 3 heterocycles. The summed E-state index contributed by atoms with van der Waals surface area (Å²) in [6, 6.07) is 6.39. The van der Waals surface area contributed by atoms with E-state index < -0.39 is 35.7 Å². The second-order valence-electron chi connectivity index (χ2n) is 11.9. The number of hydrogen-bond acceptors (Lipinski definition) is 6. The van der Waals surface area contributed by atoms with Gasteiger partial charge in [0.15, 0.2) is 0 Å². The molecule has 0 radical (unpaired) electrons. The molecular weight excluding hydrogens is 590 g/mol. The Labute approximate surface area is 220 Å². The molecular formula is C26H36F3N5O2Sn. The van der Waals surface area contributed by atoms with Crippen molar-refractivity contribution in [2.75, 3.05) is 23.3 Å². The summed E-state index contributed by atoms with van der Waals surface area (Å²) >= 11 is -3.18. The summed E-state index contributed by atoms with van der Waals surface area (Å²) < 4.78 is 46.4. The van der Waals surface area contributed by atoms with Crippen LogP contribution >= 0.6 is 0 Å². The fourth-order valence-corrected chi connectivity index (χ4v) is 9.20. The summed E-state index contributed by atoms with van der Waals surface area (Å²) in [7, 11) is 0. The van der Waals surface area contributed by atoms with Crippen LogP contribution in [0.2, 0.25) is 14.8 Å². The van der Waals surface area contributed by atoms with Crippen molar-refractivity contribution < 1.29 is 22.7 Å². The number of anilines is 3. The van der Waals surface area contributed by atoms with Crippen molar-refractivity contribution in [3.63, 3.8) is 0 Å². The zero-order valence-corrected chi connectivity index (χ0v) is 25.4. The predicted molar refractivity (Wildman–Crippen MR) is 142 cm³/mol. The summed E-state index contributed by atoms with van der Waals surface area (Å²) in [5.74, 6) is 0.185. The molecule has 4 rings (SSSR count). The summed E-state index contributed by atoms with van der Waals surface area (Å²) in [6.45, 7) is 9.02. The fraction of sp³-hybridized carbons (Fsp3) is 0.577. The fourth-order valence-electron chi connectivity index (χ4n) is 5.04. The third-order valence-corrected chi connectivity index (χ3v) is 11.9. The standard InChI is InChI=1S/C23H27F3N5O2.3CH3.Sn/c1-5-14-8-16(6-7-19(14)29-20-27-10-15(11-28-20)23(24,25)26)30-12-18-9-17(30)13-31(18)21(32)33-22(2,3)4;;;;/h6-8,10,17-18H,5,9,12-13H2,1-4H3,(H,27,28,29);3*1H3;/t17-,18-;;;;/m0..../s1. The number of amides is 1. The molecule has 0 aliphatic carbocycles. The van der Waals surface area contributed by atoms with Crippen LogP contribution in [0.15, 0.2) is 24.4 Å². The topological polar surface area (TPSA) is 70.6 Å². The quantitative estimate of drug-likeness (QED) is 0.440. The van der Waals surface area contributed by atoms with Crippen LogP contribution < -0.4 is 13.9 Å². The van der Waals surface area contributed by atoms with E-state index in [9.17, 15) is 18.0 Å². The molecule has 2 saturated heterocycles. The van der Waals surface area contributed by atoms with Gasteiger partial charge < -0.3 is 4.74 Å². The summed E-state index contributed by atoms with van der Waals surface area (Å²) in [5.41, 5.74) is 1.62. The number of carbonyl (C=O) groups excluding carboxylic acids is 1. The molecule has 2 aliphatic heterocycles. The van der Waals surface area contributed by atoms with Gasteiger partial charge in [0, 0.05) is 0 Å². The molecule has 37 heavy (non-hydrogen) atoms. The van der Waals surface area contributed by atoms with Crippen molar-refractivity contribution in [3.8, 4) is 0 Å². The Bertz CT molecular complexity index is 1180. The SMILES string of the molecule is CCc1cc(N2C[C@@H]3C[C@H]2CN3C(=O)OC(C)(C)C)ccc1Nc1ncc(C(F)(F)F)[c]([Sn]([CH3])([CH3])[CH3])n1. The minimum absolute atomic E-state index is 0.116. The van der Waals surface area contributed by atoms with Crippen LogP contribution in [0, 0.1) is 0 Å². The van der Waals surface area contributed by atoms with E-state index in [1.54, 1.807) is 0 Å². The van der Waals surface area contributed by atoms with Gasteiger partial charge in [0.1, 0.15) is 5.60 Å². The van der Waals surface area contributed by atoms with Gasteiger partial charge in [-0.1, -0.05) is 0 Å². The number of halogens is 3. The molecule has 2 aromatic rings. The van der Waals surface area contributed by atoms with Crippen molar-refractivity contribution in [1.29, 1.82) is 0 Å². The first kappa shape index (κ1) is 27.8. The summed E-state index contributed by atoms with van der Waals surface area (Å²) in [4.78, 5) is 30.8. The number of nitrogens with one attached hydrogen (secondary N) is 1. The van der Waals surface area contributed by atoms with E-state index in [1.165, 1.54) is 0 Å². The first-order chi connectivity index (χ1) is 17.1. The van der Waals surface area contributed by atoms with Gasteiger partial charge in [0.05, 0.1) is 0 Å². The number of aromatic nitrogens is 2. The first-order valence-electron chi connectivity index (χ1n) is 12.7. The van der Waals surface area contributed by atoms with E-state index in [1.807, 2.05) is 59.5 Å². The van der Waals surface area contributed by atoms with Crippen molar-refractivity contribution >= 4 is 45.5 Å². The molecule has 1 N–H and O–H groups in total. The van der Waals surface area contributed by atoms with Crippen LogP contribution in [-0.2, 0) is 17.3 Å². The number of fused-ring (bicyclic) bond motifs is 2. The van der Waals surface area contributed by atoms with Crippen LogP contribution in [-0.4, -0.2) is 70.1 Å². The van der Waals surface area contributed by atoms with Gasteiger partial charge >= 0.3 is 185 Å². The molecule has 7 nitrogen and oxygen atoms in total. The minimum atomic E-state index is -4.47. The van der Waals surface area contributed by atoms with Gasteiger partial charge in [-0.25, -0.2) is 4.79 Å². The van der Waals surface area contributed by atoms with Crippen LogP contribution in [0.3, 0.4) is 0 Å². The molecule has 1 aromatic heterocycles. The van der Waals surface area contributed by atoms with Crippen molar-refractivity contribution in [1.82, 2.24) is 14.9 Å². The Hall–Kier alpha value is -2.24. The monoisotopic (exact) mass is 627 g/mol. The number of likely N-dealkylation sites (tertiary alicyclic amines) is 1. The molecule has 11 heteroatoms. The molecule has 2 fully saturated rings. The third-order valence-electron chi connectivity index (χ3n) is 6.72. The van der Waals surface area contributed by atoms with Gasteiger partial charge in [0.2, 0.25) is 0 Å². The average molecular weight is 626 g/mol. The number of rotatable bonds is 5. The van der Waals surface area contributed by atoms with E-state index in [2.05, 4.69) is 26.3 Å². The van der Waals surface area contributed by atoms with Gasteiger partial charge in [-0.2, -0.15) is 0 Å². The Kier molecular flexibility index (Phi) is 7.37. The normalized spacial score (nSPS) is 19.9. The van der Waals surface area contributed by atoms with E-state index in [-0.39, 0.29) is 27.8 Å². The van der Waals surface area contributed by atoms with Crippen molar-refractivity contribution in [2.45, 2.75) is 79.2 Å². The summed E-state index contributed by atoms with van der Waals surface area (Å²) in [5, 5.41) is 3.17. The average Bonchev–Trinajstić information content (AvgIpc) is 3.38. The van der Waals surface area contributed by atoms with Crippen LogP contribution in [0.1, 0.15) is 45.2 Å². The number of ether oxygens (including phenoxy) is 1. The molecule has 0 saturated carbocycles. The molecule has 1 aromatic carbocycles. The van der Waals surface area contributed by atoms with Crippen LogP contribution in [0.25, 0.3) is 0 Å². The number of aryl methyl sites for hydroxylation is 1. The number of piperazine rings is 1. The molecule has 202 valence electrons. The van der Waals surface area contributed by atoms with Crippen LogP contribution in [0.5, 0.6) is 0 Å². The van der Waals surface area contributed by atoms with Gasteiger partial charge in [-0.3, -0.25) is 0 Å². The molecule has 0 unspecified atom stereocenters. The Morgan fingerprint density at radius 2 is 1.86 bits per heavy atom. The van der Waals surface area contributed by atoms with E-state index in [0.717, 1.165) is 42.5 Å². The Morgan fingerprint density at radius 3 is 2.41 bits per heavy atom. The second-order valence-corrected chi connectivity index (χ2v) is 26.0. The second kappa shape index (κ2) is 9.81. The zero-order valence-electron chi connectivity index (χ0n) is 22.5. The molecule has 1 amide bonds. The number of alkyl halides is 3. The summed E-state index contributed by atoms with van der Waals surface area (Å²) in [6.07, 6.45) is -2.19. The zero-order chi connectivity index (χ0) is 27.3. The maximum absolute atomic E-state index is 13.6. The van der Waals surface area contributed by atoms with Crippen molar-refractivity contribution in [2.24, 2.45) is 0 Å². The van der Waals surface area contributed by atoms with Crippen LogP contribution in [0.4, 0.5) is 35.3 Å². The van der Waals surface area contributed by atoms with E-state index >= 15 is 0 Å². The van der Waals surface area contributed by atoms with Gasteiger partial charge in [-0.05, 0) is 20.8 Å². The number of carbonyl (C=O) groups is 1. The number of benzene rings is 1. The molecule has 2 aliphatic rings.